The number of nitrogens with zero attached hydrogens (tertiary/aromatic N) is 2. The van der Waals surface area contributed by atoms with Crippen LogP contribution >= 0.6 is 0 Å². The highest BCUT2D eigenvalue weighted by Gasteiger charge is 2.13. The van der Waals surface area contributed by atoms with Crippen LogP contribution in [0.5, 0.6) is 23.3 Å². The molecule has 0 unspecified atom stereocenters. The van der Waals surface area contributed by atoms with E-state index in [1.807, 2.05) is 26.8 Å². The van der Waals surface area contributed by atoms with E-state index in [9.17, 15) is 4.79 Å². The number of benzene rings is 2. The molecular weight excluding hydrogens is 406 g/mol. The van der Waals surface area contributed by atoms with Gasteiger partial charge < -0.3 is 19.5 Å². The zero-order valence-corrected chi connectivity index (χ0v) is 19.0. The molecule has 168 valence electrons. The first-order chi connectivity index (χ1) is 15.5. The zero-order chi connectivity index (χ0) is 22.9. The minimum Gasteiger partial charge on any atom is -0.490 e. The molecule has 1 aromatic heterocycles. The molecule has 3 aromatic rings. The van der Waals surface area contributed by atoms with Gasteiger partial charge in [0.25, 0.3) is 5.91 Å². The van der Waals surface area contributed by atoms with Gasteiger partial charge in [-0.25, -0.2) is 9.97 Å². The largest absolute Gasteiger partial charge is 0.490 e. The highest BCUT2D eigenvalue weighted by atomic mass is 16.5. The van der Waals surface area contributed by atoms with E-state index < -0.39 is 0 Å². The number of rotatable bonds is 10. The highest BCUT2D eigenvalue weighted by Crippen LogP contribution is 2.29. The van der Waals surface area contributed by atoms with Gasteiger partial charge in [0.2, 0.25) is 0 Å². The zero-order valence-electron chi connectivity index (χ0n) is 19.0. The van der Waals surface area contributed by atoms with Crippen LogP contribution in [0.2, 0.25) is 0 Å². The third-order valence-electron chi connectivity index (χ3n) is 4.52. The lowest BCUT2D eigenvalue weighted by molar-refractivity contribution is 0.102. The van der Waals surface area contributed by atoms with Gasteiger partial charge in [-0.15, -0.1) is 0 Å². The second-order valence-corrected chi connectivity index (χ2v) is 7.31. The van der Waals surface area contributed by atoms with Crippen LogP contribution in [0.3, 0.4) is 0 Å². The Labute approximate surface area is 188 Å². The maximum absolute atomic E-state index is 12.8. The summed E-state index contributed by atoms with van der Waals surface area (Å²) in [5.41, 5.74) is 2.71. The highest BCUT2D eigenvalue weighted by molar-refractivity contribution is 6.04. The molecule has 7 nitrogen and oxygen atoms in total. The number of aryl methyl sites for hydroxylation is 2. The Morgan fingerprint density at radius 1 is 0.938 bits per heavy atom. The number of ether oxygens (including phenoxy) is 3. The minimum absolute atomic E-state index is 0.258. The summed E-state index contributed by atoms with van der Waals surface area (Å²) in [6.07, 6.45) is 2.00. The first-order valence-corrected chi connectivity index (χ1v) is 10.8. The van der Waals surface area contributed by atoms with E-state index >= 15 is 0 Å². The summed E-state index contributed by atoms with van der Waals surface area (Å²) >= 11 is 0. The Bertz CT molecular complexity index is 1050. The summed E-state index contributed by atoms with van der Waals surface area (Å²) in [4.78, 5) is 21.4. The van der Waals surface area contributed by atoms with E-state index in [2.05, 4.69) is 22.2 Å². The molecule has 0 aliphatic carbocycles. The topological polar surface area (TPSA) is 82.6 Å². The lowest BCUT2D eigenvalue weighted by Gasteiger charge is -2.13. The molecule has 0 fully saturated rings. The van der Waals surface area contributed by atoms with Crippen LogP contribution in [0.25, 0.3) is 0 Å². The fraction of sp³-hybridized carbons (Fsp3) is 0.320. The Balaban J connectivity index is 1.72. The van der Waals surface area contributed by atoms with Crippen LogP contribution < -0.4 is 19.5 Å². The molecule has 0 atom stereocenters. The van der Waals surface area contributed by atoms with Crippen molar-refractivity contribution in [2.24, 2.45) is 0 Å². The van der Waals surface area contributed by atoms with Gasteiger partial charge in [0.1, 0.15) is 5.75 Å². The van der Waals surface area contributed by atoms with Crippen LogP contribution in [0.1, 0.15) is 48.4 Å². The summed E-state index contributed by atoms with van der Waals surface area (Å²) in [5, 5.41) is 2.89. The molecular formula is C25H29N3O4. The molecule has 0 saturated carbocycles. The van der Waals surface area contributed by atoms with Crippen molar-refractivity contribution in [2.75, 3.05) is 18.5 Å². The van der Waals surface area contributed by atoms with Crippen LogP contribution in [0, 0.1) is 13.8 Å². The van der Waals surface area contributed by atoms with Crippen molar-refractivity contribution in [2.45, 2.75) is 40.5 Å². The number of amides is 1. The molecule has 1 amide bonds. The number of unbranched alkanes of at least 4 members (excludes halogenated alkanes) is 1. The van der Waals surface area contributed by atoms with E-state index in [-0.39, 0.29) is 11.9 Å². The van der Waals surface area contributed by atoms with Gasteiger partial charge in [0, 0.05) is 28.7 Å². The van der Waals surface area contributed by atoms with Crippen molar-refractivity contribution in [3.63, 3.8) is 0 Å². The van der Waals surface area contributed by atoms with Crippen LogP contribution in [-0.4, -0.2) is 29.1 Å². The molecule has 1 N–H and O–H groups in total. The van der Waals surface area contributed by atoms with Gasteiger partial charge in [-0.2, -0.15) is 0 Å². The average molecular weight is 436 g/mol. The summed E-state index contributed by atoms with van der Waals surface area (Å²) < 4.78 is 17.2. The molecule has 3 rings (SSSR count). The molecule has 0 aliphatic rings. The summed E-state index contributed by atoms with van der Waals surface area (Å²) in [5.74, 6) is 1.47. The van der Waals surface area contributed by atoms with Crippen LogP contribution in [0.4, 0.5) is 5.69 Å². The van der Waals surface area contributed by atoms with E-state index in [0.717, 1.165) is 24.2 Å². The summed E-state index contributed by atoms with van der Waals surface area (Å²) in [6, 6.07) is 14.4. The number of carbonyl (C=O) groups is 1. The molecule has 2 aromatic carbocycles. The fourth-order valence-corrected chi connectivity index (χ4v) is 3.05. The number of nitrogens with one attached hydrogen (secondary N) is 1. The monoisotopic (exact) mass is 435 g/mol. The van der Waals surface area contributed by atoms with Gasteiger partial charge in [-0.3, -0.25) is 4.79 Å². The lowest BCUT2D eigenvalue weighted by atomic mass is 10.1. The number of hydrogen-bond acceptors (Lipinski definition) is 6. The SMILES string of the molecule is CCCCOc1ccc(C(=O)Nc2cccc(Oc3nc(C)cc(C)n3)c2)cc1OCC. The summed E-state index contributed by atoms with van der Waals surface area (Å²) in [7, 11) is 0. The van der Waals surface area contributed by atoms with E-state index in [1.54, 1.807) is 42.5 Å². The molecule has 0 spiro atoms. The molecule has 7 heteroatoms. The quantitative estimate of drug-likeness (QED) is 0.410. The molecule has 0 radical (unpaired) electrons. The first kappa shape index (κ1) is 23.1. The van der Waals surface area contributed by atoms with Crippen molar-refractivity contribution in [1.82, 2.24) is 9.97 Å². The van der Waals surface area contributed by atoms with Crippen molar-refractivity contribution in [3.8, 4) is 23.3 Å². The number of aromatic nitrogens is 2. The maximum Gasteiger partial charge on any atom is 0.322 e. The van der Waals surface area contributed by atoms with Crippen LogP contribution in [0.15, 0.2) is 48.5 Å². The summed E-state index contributed by atoms with van der Waals surface area (Å²) in [6.45, 7) is 8.86. The molecule has 1 heterocycles. The van der Waals surface area contributed by atoms with E-state index in [1.165, 1.54) is 0 Å². The van der Waals surface area contributed by atoms with Gasteiger partial charge in [-0.05, 0) is 63.6 Å². The Hall–Kier alpha value is -3.61. The normalized spacial score (nSPS) is 10.5. The van der Waals surface area contributed by atoms with Gasteiger partial charge in [-0.1, -0.05) is 19.4 Å². The third-order valence-corrected chi connectivity index (χ3v) is 4.52. The second-order valence-electron chi connectivity index (χ2n) is 7.31. The van der Waals surface area contributed by atoms with E-state index in [4.69, 9.17) is 14.2 Å². The second kappa shape index (κ2) is 11.1. The molecule has 0 saturated heterocycles. The van der Waals surface area contributed by atoms with E-state index in [0.29, 0.717) is 41.7 Å². The van der Waals surface area contributed by atoms with Crippen molar-refractivity contribution in [3.05, 3.63) is 65.5 Å². The Kier molecular flexibility index (Phi) is 8.02. The molecule has 32 heavy (non-hydrogen) atoms. The van der Waals surface area contributed by atoms with Gasteiger partial charge in [0.05, 0.1) is 13.2 Å². The first-order valence-electron chi connectivity index (χ1n) is 10.8. The molecule has 0 bridgehead atoms. The van der Waals surface area contributed by atoms with Crippen molar-refractivity contribution < 1.29 is 19.0 Å². The lowest BCUT2D eigenvalue weighted by Crippen LogP contribution is -2.12. The van der Waals surface area contributed by atoms with Gasteiger partial charge in [0.15, 0.2) is 11.5 Å². The number of anilines is 1. The number of carbonyl (C=O) groups excluding carboxylic acids is 1. The Morgan fingerprint density at radius 3 is 2.44 bits per heavy atom. The average Bonchev–Trinajstić information content (AvgIpc) is 2.74. The fourth-order valence-electron chi connectivity index (χ4n) is 3.05. The predicted octanol–water partition coefficient (Wildman–Crippen LogP) is 5.72. The standard InChI is InChI=1S/C25H29N3O4/c1-5-7-13-31-22-12-11-19(15-23(22)30-6-2)24(29)28-20-9-8-10-21(16-20)32-25-26-17(3)14-18(4)27-25/h8-12,14-16H,5-7,13H2,1-4H3,(H,28,29). The maximum atomic E-state index is 12.8. The minimum atomic E-state index is -0.258. The predicted molar refractivity (Wildman–Crippen MR) is 124 cm³/mol. The van der Waals surface area contributed by atoms with Crippen LogP contribution in [-0.2, 0) is 0 Å². The number of hydrogen-bond donors (Lipinski definition) is 1. The smallest absolute Gasteiger partial charge is 0.322 e. The molecule has 0 aliphatic heterocycles. The Morgan fingerprint density at radius 2 is 1.72 bits per heavy atom. The van der Waals surface area contributed by atoms with Crippen molar-refractivity contribution >= 4 is 11.6 Å². The third kappa shape index (κ3) is 6.44. The van der Waals surface area contributed by atoms with Gasteiger partial charge >= 0.3 is 6.01 Å². The van der Waals surface area contributed by atoms with Crippen molar-refractivity contribution in [1.29, 1.82) is 0 Å².